The molecule has 6 nitrogen and oxygen atoms in total. The molecule has 0 aliphatic rings. The number of methoxy groups -OCH3 is 1. The molecule has 0 aliphatic carbocycles. The minimum atomic E-state index is 0.0671. The van der Waals surface area contributed by atoms with E-state index in [0.717, 1.165) is 29.9 Å². The van der Waals surface area contributed by atoms with Crippen LogP contribution in [-0.4, -0.2) is 33.7 Å². The molecular weight excluding hydrogens is 292 g/mol. The number of carbonyl (C=O) groups excluding carboxylic acids is 1. The fraction of sp³-hybridized carbons (Fsp3) is 0.294. The van der Waals surface area contributed by atoms with E-state index in [2.05, 4.69) is 15.0 Å². The molecule has 1 aromatic carbocycles. The average Bonchev–Trinajstić information content (AvgIpc) is 3.18. The number of benzene rings is 1. The van der Waals surface area contributed by atoms with Gasteiger partial charge in [-0.25, -0.2) is 4.52 Å². The van der Waals surface area contributed by atoms with Crippen LogP contribution in [0.4, 0.5) is 0 Å². The van der Waals surface area contributed by atoms with Gasteiger partial charge in [-0.15, -0.1) is 0 Å². The maximum absolute atomic E-state index is 11.9. The topological polar surface area (TPSA) is 60.6 Å². The Morgan fingerprint density at radius 2 is 2.04 bits per heavy atom. The summed E-state index contributed by atoms with van der Waals surface area (Å²) in [6.07, 6.45) is 6.85. The molecule has 0 unspecified atom stereocenters. The van der Waals surface area contributed by atoms with Crippen molar-refractivity contribution in [2.24, 2.45) is 0 Å². The molecule has 0 bridgehead atoms. The zero-order chi connectivity index (χ0) is 16.1. The van der Waals surface area contributed by atoms with Crippen molar-refractivity contribution in [3.8, 4) is 5.75 Å². The second-order valence-corrected chi connectivity index (χ2v) is 5.32. The van der Waals surface area contributed by atoms with Crippen molar-refractivity contribution in [3.05, 3.63) is 54.5 Å². The predicted octanol–water partition coefficient (Wildman–Crippen LogP) is 1.89. The number of imidazole rings is 1. The number of nitrogens with one attached hydrogen (secondary N) is 1. The fourth-order valence-electron chi connectivity index (χ4n) is 2.51. The van der Waals surface area contributed by atoms with Crippen LogP contribution >= 0.6 is 0 Å². The minimum Gasteiger partial charge on any atom is -0.497 e. The summed E-state index contributed by atoms with van der Waals surface area (Å²) < 4.78 is 9.00. The third-order valence-corrected chi connectivity index (χ3v) is 3.81. The standard InChI is InChI=1S/C17H20N4O2/c1-23-15-5-2-14(3-6-15)4-7-16(22)18-10-11-20-12-13-21-17(20)8-9-19-21/h2-3,5-6,8-9,12-13H,4,7,10-11H2,1H3,(H,18,22). The van der Waals surface area contributed by atoms with Gasteiger partial charge < -0.3 is 14.6 Å². The van der Waals surface area contributed by atoms with E-state index in [9.17, 15) is 4.79 Å². The first-order valence-electron chi connectivity index (χ1n) is 7.64. The third kappa shape index (κ3) is 3.71. The third-order valence-electron chi connectivity index (χ3n) is 3.81. The van der Waals surface area contributed by atoms with E-state index in [0.29, 0.717) is 13.0 Å². The number of hydrogen-bond donors (Lipinski definition) is 1. The van der Waals surface area contributed by atoms with Crippen molar-refractivity contribution in [1.82, 2.24) is 19.5 Å². The first kappa shape index (κ1) is 15.1. The summed E-state index contributed by atoms with van der Waals surface area (Å²) in [4.78, 5) is 11.9. The van der Waals surface area contributed by atoms with Crippen molar-refractivity contribution in [3.63, 3.8) is 0 Å². The second-order valence-electron chi connectivity index (χ2n) is 5.32. The number of amides is 1. The first-order valence-corrected chi connectivity index (χ1v) is 7.64. The molecule has 0 atom stereocenters. The Kier molecular flexibility index (Phi) is 4.61. The fourth-order valence-corrected chi connectivity index (χ4v) is 2.51. The van der Waals surface area contributed by atoms with Gasteiger partial charge in [-0.2, -0.15) is 5.10 Å². The van der Waals surface area contributed by atoms with E-state index < -0.39 is 0 Å². The van der Waals surface area contributed by atoms with Crippen LogP contribution in [-0.2, 0) is 17.8 Å². The van der Waals surface area contributed by atoms with Gasteiger partial charge in [0.2, 0.25) is 5.91 Å². The van der Waals surface area contributed by atoms with Crippen molar-refractivity contribution in [1.29, 1.82) is 0 Å². The van der Waals surface area contributed by atoms with Crippen LogP contribution in [0.2, 0.25) is 0 Å². The van der Waals surface area contributed by atoms with E-state index in [-0.39, 0.29) is 5.91 Å². The number of fused-ring (bicyclic) bond motifs is 1. The zero-order valence-corrected chi connectivity index (χ0v) is 13.1. The van der Waals surface area contributed by atoms with E-state index in [1.807, 2.05) is 47.2 Å². The van der Waals surface area contributed by atoms with Crippen LogP contribution in [0.3, 0.4) is 0 Å². The summed E-state index contributed by atoms with van der Waals surface area (Å²) in [5, 5.41) is 7.11. The number of rotatable bonds is 7. The van der Waals surface area contributed by atoms with Gasteiger partial charge in [0.15, 0.2) is 0 Å². The number of ether oxygens (including phenoxy) is 1. The summed E-state index contributed by atoms with van der Waals surface area (Å²) in [6.45, 7) is 1.34. The summed E-state index contributed by atoms with van der Waals surface area (Å²) in [5.41, 5.74) is 2.16. The Morgan fingerprint density at radius 3 is 2.83 bits per heavy atom. The lowest BCUT2D eigenvalue weighted by atomic mass is 10.1. The van der Waals surface area contributed by atoms with Crippen LogP contribution in [0.5, 0.6) is 5.75 Å². The summed E-state index contributed by atoms with van der Waals surface area (Å²) in [5.74, 6) is 0.897. The monoisotopic (exact) mass is 312 g/mol. The van der Waals surface area contributed by atoms with Crippen molar-refractivity contribution in [2.45, 2.75) is 19.4 Å². The van der Waals surface area contributed by atoms with Crippen LogP contribution < -0.4 is 10.1 Å². The Balaban J connectivity index is 1.41. The van der Waals surface area contributed by atoms with Gasteiger partial charge in [0.05, 0.1) is 13.3 Å². The molecule has 6 heteroatoms. The Labute approximate surface area is 134 Å². The number of aromatic nitrogens is 3. The van der Waals surface area contributed by atoms with Crippen LogP contribution in [0.1, 0.15) is 12.0 Å². The Hall–Kier alpha value is -2.76. The van der Waals surface area contributed by atoms with Gasteiger partial charge >= 0.3 is 0 Å². The van der Waals surface area contributed by atoms with Gasteiger partial charge in [-0.3, -0.25) is 4.79 Å². The Morgan fingerprint density at radius 1 is 1.22 bits per heavy atom. The molecule has 2 heterocycles. The maximum Gasteiger partial charge on any atom is 0.220 e. The maximum atomic E-state index is 11.9. The van der Waals surface area contributed by atoms with E-state index in [1.54, 1.807) is 13.3 Å². The number of aryl methyl sites for hydroxylation is 1. The molecule has 0 fully saturated rings. The lowest BCUT2D eigenvalue weighted by molar-refractivity contribution is -0.121. The van der Waals surface area contributed by atoms with Gasteiger partial charge in [0, 0.05) is 38.0 Å². The number of hydrogen-bond acceptors (Lipinski definition) is 3. The molecule has 23 heavy (non-hydrogen) atoms. The molecule has 0 spiro atoms. The Bertz CT molecular complexity index is 773. The number of carbonyl (C=O) groups is 1. The van der Waals surface area contributed by atoms with Crippen LogP contribution in [0.25, 0.3) is 5.65 Å². The van der Waals surface area contributed by atoms with Crippen molar-refractivity contribution in [2.75, 3.05) is 13.7 Å². The lowest BCUT2D eigenvalue weighted by Gasteiger charge is -2.07. The molecule has 0 radical (unpaired) electrons. The van der Waals surface area contributed by atoms with E-state index in [4.69, 9.17) is 4.74 Å². The summed E-state index contributed by atoms with van der Waals surface area (Å²) >= 11 is 0. The molecule has 3 aromatic rings. The molecule has 120 valence electrons. The van der Waals surface area contributed by atoms with Crippen molar-refractivity contribution >= 4 is 11.6 Å². The lowest BCUT2D eigenvalue weighted by Crippen LogP contribution is -2.27. The molecule has 3 rings (SSSR count). The van der Waals surface area contributed by atoms with Crippen LogP contribution in [0.15, 0.2) is 48.9 Å². The molecule has 1 amide bonds. The molecule has 2 aromatic heterocycles. The number of nitrogens with zero attached hydrogens (tertiary/aromatic N) is 3. The highest BCUT2D eigenvalue weighted by atomic mass is 16.5. The zero-order valence-electron chi connectivity index (χ0n) is 13.1. The highest BCUT2D eigenvalue weighted by Crippen LogP contribution is 2.12. The SMILES string of the molecule is COc1ccc(CCC(=O)NCCn2ccn3nccc23)cc1. The minimum absolute atomic E-state index is 0.0671. The van der Waals surface area contributed by atoms with Gasteiger partial charge in [-0.1, -0.05) is 12.1 Å². The predicted molar refractivity (Wildman–Crippen MR) is 87.5 cm³/mol. The van der Waals surface area contributed by atoms with Gasteiger partial charge in [0.25, 0.3) is 0 Å². The highest BCUT2D eigenvalue weighted by Gasteiger charge is 2.04. The molecule has 0 saturated carbocycles. The van der Waals surface area contributed by atoms with Gasteiger partial charge in [0.1, 0.15) is 11.4 Å². The van der Waals surface area contributed by atoms with Gasteiger partial charge in [-0.05, 0) is 24.1 Å². The quantitative estimate of drug-likeness (QED) is 0.725. The highest BCUT2D eigenvalue weighted by molar-refractivity contribution is 5.76. The second kappa shape index (κ2) is 7.00. The van der Waals surface area contributed by atoms with Crippen LogP contribution in [0, 0.1) is 0 Å². The summed E-state index contributed by atoms with van der Waals surface area (Å²) in [6, 6.07) is 9.75. The largest absolute Gasteiger partial charge is 0.497 e. The molecule has 0 saturated heterocycles. The summed E-state index contributed by atoms with van der Waals surface area (Å²) in [7, 11) is 1.64. The smallest absolute Gasteiger partial charge is 0.220 e. The van der Waals surface area contributed by atoms with Crippen molar-refractivity contribution < 1.29 is 9.53 Å². The molecule has 1 N–H and O–H groups in total. The normalized spacial score (nSPS) is 10.8. The average molecular weight is 312 g/mol. The molecule has 0 aliphatic heterocycles. The van der Waals surface area contributed by atoms with E-state index >= 15 is 0 Å². The van der Waals surface area contributed by atoms with E-state index in [1.165, 1.54) is 0 Å². The molecular formula is C17H20N4O2. The first-order chi connectivity index (χ1) is 11.3.